The first kappa shape index (κ1) is 19.4. The summed E-state index contributed by atoms with van der Waals surface area (Å²) in [7, 11) is 0. The van der Waals surface area contributed by atoms with Crippen LogP contribution >= 0.6 is 0 Å². The molecule has 2 saturated heterocycles. The summed E-state index contributed by atoms with van der Waals surface area (Å²) in [5, 5.41) is 2.88. The molecule has 2 amide bonds. The second-order valence-corrected chi connectivity index (χ2v) is 8.29. The van der Waals surface area contributed by atoms with Crippen LogP contribution in [-0.2, 0) is 9.53 Å². The van der Waals surface area contributed by atoms with Crippen LogP contribution in [0.15, 0.2) is 0 Å². The number of halogens is 1. The molecule has 26 heavy (non-hydrogen) atoms. The highest BCUT2D eigenvalue weighted by molar-refractivity contribution is 5.86. The van der Waals surface area contributed by atoms with Gasteiger partial charge in [-0.1, -0.05) is 0 Å². The zero-order valence-corrected chi connectivity index (χ0v) is 16.1. The molecule has 1 unspecified atom stereocenters. The minimum Gasteiger partial charge on any atom is -0.450 e. The lowest BCUT2D eigenvalue weighted by Crippen LogP contribution is -2.55. The van der Waals surface area contributed by atoms with Gasteiger partial charge >= 0.3 is 6.09 Å². The number of carbonyl (C=O) groups excluding carboxylic acids is 2. The molecule has 0 radical (unpaired) electrons. The van der Waals surface area contributed by atoms with E-state index in [1.807, 2.05) is 13.8 Å². The number of ether oxygens (including phenoxy) is 1. The summed E-state index contributed by atoms with van der Waals surface area (Å²) in [4.78, 5) is 28.3. The van der Waals surface area contributed by atoms with Gasteiger partial charge in [-0.2, -0.15) is 0 Å². The Hall–Kier alpha value is -1.37. The number of piperidine rings is 1. The minimum absolute atomic E-state index is 0.175. The lowest BCUT2D eigenvalue weighted by Gasteiger charge is -2.40. The Morgan fingerprint density at radius 1 is 1.12 bits per heavy atom. The molecule has 0 aromatic carbocycles. The molecular weight excluding hydrogens is 337 g/mol. The van der Waals surface area contributed by atoms with Gasteiger partial charge in [0.2, 0.25) is 0 Å². The summed E-state index contributed by atoms with van der Waals surface area (Å²) >= 11 is 0. The van der Waals surface area contributed by atoms with Crippen molar-refractivity contribution in [2.24, 2.45) is 0 Å². The number of hydrogen-bond acceptors (Lipinski definition) is 4. The molecule has 1 atom stereocenters. The lowest BCUT2D eigenvalue weighted by molar-refractivity contribution is -0.137. The van der Waals surface area contributed by atoms with Gasteiger partial charge in [-0.15, -0.1) is 0 Å². The standard InChI is InChI=1S/C19H32FN3O3/c1-3-26-17(25)23-11-4-5-15(6-12-23)22-13-9-19(20,10-14-22)16(24)21-18(2)7-8-18/h15H,3-14H2,1-2H3,(H,21,24). The molecule has 3 fully saturated rings. The summed E-state index contributed by atoms with van der Waals surface area (Å²) in [6, 6.07) is 0.350. The third-order valence-electron chi connectivity index (χ3n) is 6.15. The van der Waals surface area contributed by atoms with Gasteiger partial charge in [-0.25, -0.2) is 9.18 Å². The van der Waals surface area contributed by atoms with E-state index in [9.17, 15) is 9.59 Å². The summed E-state index contributed by atoms with van der Waals surface area (Å²) in [6.07, 6.45) is 4.97. The maximum absolute atomic E-state index is 15.1. The van der Waals surface area contributed by atoms with Gasteiger partial charge in [0, 0.05) is 50.6 Å². The van der Waals surface area contributed by atoms with Gasteiger partial charge in [0.25, 0.3) is 5.91 Å². The van der Waals surface area contributed by atoms with Gasteiger partial charge in [0.05, 0.1) is 6.61 Å². The van der Waals surface area contributed by atoms with Gasteiger partial charge in [0.1, 0.15) is 0 Å². The largest absolute Gasteiger partial charge is 0.450 e. The average molecular weight is 369 g/mol. The monoisotopic (exact) mass is 369 g/mol. The number of amides is 2. The number of carbonyl (C=O) groups is 2. The minimum atomic E-state index is -1.73. The van der Waals surface area contributed by atoms with E-state index in [2.05, 4.69) is 10.2 Å². The first-order valence-corrected chi connectivity index (χ1v) is 10.0. The highest BCUT2D eigenvalue weighted by Gasteiger charge is 2.47. The molecule has 1 aliphatic carbocycles. The summed E-state index contributed by atoms with van der Waals surface area (Å²) in [6.45, 7) is 6.79. The fourth-order valence-corrected chi connectivity index (χ4v) is 4.01. The first-order valence-electron chi connectivity index (χ1n) is 10.0. The van der Waals surface area contributed by atoms with Crippen LogP contribution in [0.4, 0.5) is 9.18 Å². The Bertz CT molecular complexity index is 530. The van der Waals surface area contributed by atoms with Crippen LogP contribution in [0.1, 0.15) is 58.8 Å². The van der Waals surface area contributed by atoms with Crippen LogP contribution in [0.25, 0.3) is 0 Å². The van der Waals surface area contributed by atoms with Gasteiger partial charge < -0.3 is 19.9 Å². The van der Waals surface area contributed by atoms with E-state index in [0.29, 0.717) is 32.3 Å². The predicted octanol–water partition coefficient (Wildman–Crippen LogP) is 2.47. The lowest BCUT2D eigenvalue weighted by atomic mass is 9.90. The molecule has 2 aliphatic heterocycles. The van der Waals surface area contributed by atoms with Gasteiger partial charge in [-0.3, -0.25) is 4.79 Å². The second kappa shape index (κ2) is 7.71. The summed E-state index contributed by atoms with van der Waals surface area (Å²) < 4.78 is 20.2. The normalized spacial score (nSPS) is 28.1. The molecule has 0 spiro atoms. The average Bonchev–Trinajstić information content (AvgIpc) is 3.38. The maximum atomic E-state index is 15.1. The van der Waals surface area contributed by atoms with Crippen molar-refractivity contribution >= 4 is 12.0 Å². The molecule has 3 rings (SSSR count). The SMILES string of the molecule is CCOC(=O)N1CCCC(N2CCC(F)(C(=O)NC3(C)CC3)CC2)CC1. The Labute approximate surface area is 155 Å². The van der Waals surface area contributed by atoms with Crippen LogP contribution in [0.3, 0.4) is 0 Å². The molecule has 0 bridgehead atoms. The van der Waals surface area contributed by atoms with Crippen molar-refractivity contribution in [2.45, 2.75) is 76.0 Å². The Morgan fingerprint density at radius 2 is 1.81 bits per heavy atom. The van der Waals surface area contributed by atoms with Gasteiger partial charge in [0.15, 0.2) is 5.67 Å². The Kier molecular flexibility index (Phi) is 5.75. The number of likely N-dealkylation sites (tertiary alicyclic amines) is 2. The van der Waals surface area contributed by atoms with Crippen molar-refractivity contribution in [3.05, 3.63) is 0 Å². The van der Waals surface area contributed by atoms with Crippen molar-refractivity contribution in [1.82, 2.24) is 15.1 Å². The molecule has 0 aromatic heterocycles. The van der Waals surface area contributed by atoms with E-state index >= 15 is 4.39 Å². The summed E-state index contributed by atoms with van der Waals surface area (Å²) in [5.74, 6) is -0.425. The van der Waals surface area contributed by atoms with E-state index in [1.165, 1.54) is 0 Å². The smallest absolute Gasteiger partial charge is 0.409 e. The third kappa shape index (κ3) is 4.48. The Balaban J connectivity index is 1.48. The van der Waals surface area contributed by atoms with Crippen LogP contribution in [0.5, 0.6) is 0 Å². The van der Waals surface area contributed by atoms with Crippen molar-refractivity contribution < 1.29 is 18.7 Å². The molecule has 1 saturated carbocycles. The van der Waals surface area contributed by atoms with Crippen molar-refractivity contribution in [2.75, 3.05) is 32.8 Å². The highest BCUT2D eigenvalue weighted by atomic mass is 19.1. The predicted molar refractivity (Wildman–Crippen MR) is 96.7 cm³/mol. The molecule has 7 heteroatoms. The number of alkyl halides is 1. The number of rotatable bonds is 4. The number of nitrogens with zero attached hydrogens (tertiary/aromatic N) is 2. The van der Waals surface area contributed by atoms with Gasteiger partial charge in [-0.05, 0) is 46.0 Å². The van der Waals surface area contributed by atoms with E-state index in [1.54, 1.807) is 4.90 Å². The van der Waals surface area contributed by atoms with E-state index in [4.69, 9.17) is 4.74 Å². The quantitative estimate of drug-likeness (QED) is 0.827. The first-order chi connectivity index (χ1) is 12.4. The van der Waals surface area contributed by atoms with E-state index < -0.39 is 11.6 Å². The van der Waals surface area contributed by atoms with Crippen molar-refractivity contribution in [1.29, 1.82) is 0 Å². The van der Waals surface area contributed by atoms with Crippen LogP contribution in [-0.4, -0.2) is 71.8 Å². The van der Waals surface area contributed by atoms with Crippen LogP contribution in [0, 0.1) is 0 Å². The molecule has 3 aliphatic rings. The molecule has 0 aromatic rings. The summed E-state index contributed by atoms with van der Waals surface area (Å²) in [5.41, 5.74) is -1.91. The molecule has 2 heterocycles. The van der Waals surface area contributed by atoms with Crippen molar-refractivity contribution in [3.8, 4) is 0 Å². The zero-order chi connectivity index (χ0) is 18.8. The molecule has 1 N–H and O–H groups in total. The maximum Gasteiger partial charge on any atom is 0.409 e. The second-order valence-electron chi connectivity index (χ2n) is 8.29. The van der Waals surface area contributed by atoms with Crippen LogP contribution < -0.4 is 5.32 Å². The van der Waals surface area contributed by atoms with Crippen molar-refractivity contribution in [3.63, 3.8) is 0 Å². The topological polar surface area (TPSA) is 61.9 Å². The van der Waals surface area contributed by atoms with E-state index in [0.717, 1.165) is 38.6 Å². The fraction of sp³-hybridized carbons (Fsp3) is 0.895. The van der Waals surface area contributed by atoms with Crippen LogP contribution in [0.2, 0.25) is 0 Å². The fourth-order valence-electron chi connectivity index (χ4n) is 4.01. The molecular formula is C19H32FN3O3. The Morgan fingerprint density at radius 3 is 2.42 bits per heavy atom. The molecule has 148 valence electrons. The number of nitrogens with one attached hydrogen (secondary N) is 1. The van der Waals surface area contributed by atoms with E-state index in [-0.39, 0.29) is 24.5 Å². The third-order valence-corrected chi connectivity index (χ3v) is 6.15. The highest BCUT2D eigenvalue weighted by Crippen LogP contribution is 2.37. The molecule has 6 nitrogen and oxygen atoms in total. The number of hydrogen-bond donors (Lipinski definition) is 1. The zero-order valence-electron chi connectivity index (χ0n) is 16.1.